The summed E-state index contributed by atoms with van der Waals surface area (Å²) in [5.74, 6) is 0.227. The molecule has 0 saturated carbocycles. The Morgan fingerprint density at radius 1 is 1.65 bits per heavy atom. The van der Waals surface area contributed by atoms with E-state index in [0.717, 1.165) is 4.90 Å². The van der Waals surface area contributed by atoms with Crippen LogP contribution in [0.4, 0.5) is 5.82 Å². The maximum Gasteiger partial charge on any atom is 0.345 e. The summed E-state index contributed by atoms with van der Waals surface area (Å²) in [5.41, 5.74) is 0. The Hall–Kier alpha value is -1.87. The summed E-state index contributed by atoms with van der Waals surface area (Å²) in [6, 6.07) is 1.60. The molecule has 0 bridgehead atoms. The Labute approximate surface area is 122 Å². The first-order valence-corrected chi connectivity index (χ1v) is 7.46. The Balaban J connectivity index is 1.97. The van der Waals surface area contributed by atoms with Crippen LogP contribution in [-0.2, 0) is 6.54 Å². The van der Waals surface area contributed by atoms with Gasteiger partial charge in [0.2, 0.25) is 0 Å². The van der Waals surface area contributed by atoms with Crippen molar-refractivity contribution in [2.75, 3.05) is 5.75 Å². The van der Waals surface area contributed by atoms with E-state index >= 15 is 0 Å². The molecule has 0 radical (unpaired) electrons. The van der Waals surface area contributed by atoms with Crippen molar-refractivity contribution in [1.82, 2.24) is 9.55 Å². The number of carbonyl (C=O) groups is 1. The zero-order valence-electron chi connectivity index (χ0n) is 10.5. The minimum Gasteiger partial charge on any atom is -0.477 e. The highest BCUT2D eigenvalue weighted by molar-refractivity contribution is 7.99. The molecule has 2 heterocycles. The topological polar surface area (TPSA) is 98.3 Å². The highest BCUT2D eigenvalue weighted by Gasteiger charge is 2.17. The van der Waals surface area contributed by atoms with Crippen LogP contribution in [0.3, 0.4) is 0 Å². The van der Waals surface area contributed by atoms with Crippen molar-refractivity contribution in [3.05, 3.63) is 38.5 Å². The van der Waals surface area contributed by atoms with E-state index in [4.69, 9.17) is 5.11 Å². The molecule has 0 aliphatic heterocycles. The average molecular weight is 313 g/mol. The smallest absolute Gasteiger partial charge is 0.345 e. The maximum absolute atomic E-state index is 10.8. The van der Waals surface area contributed by atoms with Crippen LogP contribution in [-0.4, -0.2) is 31.3 Å². The Bertz CT molecular complexity index is 650. The number of hydrogen-bond donors (Lipinski definition) is 1. The van der Waals surface area contributed by atoms with Gasteiger partial charge in [0.1, 0.15) is 17.6 Å². The van der Waals surface area contributed by atoms with Gasteiger partial charge in [0.15, 0.2) is 5.82 Å². The number of carboxylic acid groups (broad SMARTS) is 1. The number of aromatic nitrogens is 2. The van der Waals surface area contributed by atoms with Gasteiger partial charge in [-0.15, -0.1) is 23.1 Å². The second kappa shape index (κ2) is 6.06. The van der Waals surface area contributed by atoms with Crippen LogP contribution >= 0.6 is 23.1 Å². The van der Waals surface area contributed by atoms with Gasteiger partial charge in [-0.2, -0.15) is 0 Å². The third-order valence-electron chi connectivity index (χ3n) is 2.59. The first-order chi connectivity index (χ1) is 9.49. The molecule has 0 aliphatic carbocycles. The summed E-state index contributed by atoms with van der Waals surface area (Å²) in [7, 11) is 0. The fourth-order valence-corrected chi connectivity index (χ4v) is 3.45. The predicted octanol–water partition coefficient (Wildman–Crippen LogP) is 2.65. The van der Waals surface area contributed by atoms with E-state index in [-0.39, 0.29) is 10.7 Å². The first kappa shape index (κ1) is 14.5. The van der Waals surface area contributed by atoms with Crippen LogP contribution in [0.25, 0.3) is 0 Å². The number of nitro groups is 1. The van der Waals surface area contributed by atoms with Gasteiger partial charge in [-0.25, -0.2) is 14.3 Å². The number of imidazole rings is 1. The Kier molecular flexibility index (Phi) is 4.40. The molecule has 2 aromatic rings. The molecule has 0 saturated heterocycles. The number of hydrogen-bond acceptors (Lipinski definition) is 6. The Morgan fingerprint density at radius 2 is 2.40 bits per heavy atom. The van der Waals surface area contributed by atoms with Crippen molar-refractivity contribution in [1.29, 1.82) is 0 Å². The van der Waals surface area contributed by atoms with Gasteiger partial charge in [-0.3, -0.25) is 0 Å². The number of aryl methyl sites for hydroxylation is 1. The van der Waals surface area contributed by atoms with Crippen molar-refractivity contribution >= 4 is 34.9 Å². The van der Waals surface area contributed by atoms with Crippen LogP contribution < -0.4 is 0 Å². The molecule has 0 spiro atoms. The summed E-state index contributed by atoms with van der Waals surface area (Å²) in [6.45, 7) is 2.16. The van der Waals surface area contributed by atoms with Gasteiger partial charge in [0.25, 0.3) is 0 Å². The predicted molar refractivity (Wildman–Crippen MR) is 75.6 cm³/mol. The standard InChI is InChI=1S/C11H11N3O4S2/c1-7-12-5-10(14(17)18)13(7)2-3-19-8-4-9(11(15)16)20-6-8/h4-6H,2-3H2,1H3,(H,15,16). The van der Waals surface area contributed by atoms with Crippen LogP contribution in [0.5, 0.6) is 0 Å². The van der Waals surface area contributed by atoms with Gasteiger partial charge in [-0.05, 0) is 11.0 Å². The van der Waals surface area contributed by atoms with Gasteiger partial charge >= 0.3 is 11.8 Å². The van der Waals surface area contributed by atoms with Crippen LogP contribution in [0.1, 0.15) is 15.5 Å². The van der Waals surface area contributed by atoms with E-state index in [2.05, 4.69) is 4.98 Å². The normalized spacial score (nSPS) is 10.7. The van der Waals surface area contributed by atoms with Crippen LogP contribution in [0, 0.1) is 17.0 Å². The molecule has 0 amide bonds. The van der Waals surface area contributed by atoms with Crippen molar-refractivity contribution in [3.63, 3.8) is 0 Å². The van der Waals surface area contributed by atoms with Crippen molar-refractivity contribution in [2.45, 2.75) is 18.4 Å². The minimum atomic E-state index is -0.942. The zero-order chi connectivity index (χ0) is 14.7. The lowest BCUT2D eigenvalue weighted by Crippen LogP contribution is -2.06. The molecular formula is C11H11N3O4S2. The third-order valence-corrected chi connectivity index (χ3v) is 4.61. The largest absolute Gasteiger partial charge is 0.477 e. The van der Waals surface area contributed by atoms with Crippen molar-refractivity contribution in [2.24, 2.45) is 0 Å². The molecule has 20 heavy (non-hydrogen) atoms. The summed E-state index contributed by atoms with van der Waals surface area (Å²) >= 11 is 2.63. The zero-order valence-corrected chi connectivity index (χ0v) is 12.1. The van der Waals surface area contributed by atoms with Crippen molar-refractivity contribution in [3.8, 4) is 0 Å². The lowest BCUT2D eigenvalue weighted by Gasteiger charge is -2.02. The number of nitrogens with zero attached hydrogens (tertiary/aromatic N) is 3. The first-order valence-electron chi connectivity index (χ1n) is 5.60. The van der Waals surface area contributed by atoms with Gasteiger partial charge in [0, 0.05) is 23.0 Å². The molecule has 0 fully saturated rings. The van der Waals surface area contributed by atoms with Gasteiger partial charge in [-0.1, -0.05) is 0 Å². The highest BCUT2D eigenvalue weighted by Crippen LogP contribution is 2.25. The van der Waals surface area contributed by atoms with Crippen LogP contribution in [0.2, 0.25) is 0 Å². The van der Waals surface area contributed by atoms with E-state index in [9.17, 15) is 14.9 Å². The molecule has 106 valence electrons. The fourth-order valence-electron chi connectivity index (χ4n) is 1.64. The third kappa shape index (κ3) is 3.17. The molecule has 2 aromatic heterocycles. The second-order valence-corrected chi connectivity index (χ2v) is 5.95. The highest BCUT2D eigenvalue weighted by atomic mass is 32.2. The molecule has 0 aliphatic rings. The number of thiophene rings is 1. The number of carboxylic acids is 1. The summed E-state index contributed by atoms with van der Waals surface area (Å²) < 4.78 is 1.54. The molecule has 9 heteroatoms. The second-order valence-electron chi connectivity index (χ2n) is 3.87. The number of aromatic carboxylic acids is 1. The number of thioether (sulfide) groups is 1. The molecular weight excluding hydrogens is 302 g/mol. The van der Waals surface area contributed by atoms with Gasteiger partial charge < -0.3 is 15.2 Å². The summed E-state index contributed by atoms with van der Waals surface area (Å²) in [5, 5.41) is 21.4. The van der Waals surface area contributed by atoms with E-state index in [1.807, 2.05) is 0 Å². The van der Waals surface area contributed by atoms with E-state index < -0.39 is 10.9 Å². The molecule has 2 rings (SSSR count). The Morgan fingerprint density at radius 3 is 3.00 bits per heavy atom. The molecule has 1 N–H and O–H groups in total. The minimum absolute atomic E-state index is 0.0281. The number of rotatable bonds is 6. The quantitative estimate of drug-likeness (QED) is 0.500. The van der Waals surface area contributed by atoms with Crippen LogP contribution in [0.15, 0.2) is 22.5 Å². The van der Waals surface area contributed by atoms with Crippen molar-refractivity contribution < 1.29 is 14.8 Å². The summed E-state index contributed by atoms with van der Waals surface area (Å²) in [4.78, 5) is 26.2. The van der Waals surface area contributed by atoms with Gasteiger partial charge in [0.05, 0.1) is 0 Å². The SMILES string of the molecule is Cc1ncc([N+](=O)[O-])n1CCSc1csc(C(=O)O)c1. The lowest BCUT2D eigenvalue weighted by molar-refractivity contribution is -0.392. The molecule has 7 nitrogen and oxygen atoms in total. The molecule has 0 aromatic carbocycles. The average Bonchev–Trinajstić information content (AvgIpc) is 2.97. The van der Waals surface area contributed by atoms with E-state index in [1.54, 1.807) is 18.4 Å². The van der Waals surface area contributed by atoms with E-state index in [0.29, 0.717) is 18.1 Å². The molecule has 0 atom stereocenters. The monoisotopic (exact) mass is 313 g/mol. The summed E-state index contributed by atoms with van der Waals surface area (Å²) in [6.07, 6.45) is 1.24. The fraction of sp³-hybridized carbons (Fsp3) is 0.273. The lowest BCUT2D eigenvalue weighted by atomic mass is 10.5. The molecule has 0 unspecified atom stereocenters. The maximum atomic E-state index is 10.8. The van der Waals surface area contributed by atoms with E-state index in [1.165, 1.54) is 33.9 Å².